The van der Waals surface area contributed by atoms with E-state index in [1.807, 2.05) is 0 Å². The van der Waals surface area contributed by atoms with Gasteiger partial charge in [-0.15, -0.1) is 0 Å². The van der Waals surface area contributed by atoms with E-state index in [4.69, 9.17) is 13.6 Å². The molecule has 0 aliphatic heterocycles. The van der Waals surface area contributed by atoms with E-state index in [1.165, 1.54) is 24.3 Å². The van der Waals surface area contributed by atoms with Gasteiger partial charge in [0.15, 0.2) is 23.0 Å². The van der Waals surface area contributed by atoms with E-state index in [-0.39, 0.29) is 29.6 Å². The van der Waals surface area contributed by atoms with Crippen LogP contribution < -0.4 is 9.05 Å². The molecule has 0 saturated carbocycles. The number of benzene rings is 2. The second-order valence-corrected chi connectivity index (χ2v) is 5.50. The Morgan fingerprint density at radius 1 is 0.905 bits per heavy atom. The van der Waals surface area contributed by atoms with Gasteiger partial charge in [-0.05, 0) is 31.2 Å². The summed E-state index contributed by atoms with van der Waals surface area (Å²) in [5, 5.41) is 19.3. The fourth-order valence-corrected chi connectivity index (χ4v) is 2.79. The molecule has 0 amide bonds. The Hall–Kier alpha value is -2.17. The van der Waals surface area contributed by atoms with Crippen molar-refractivity contribution >= 4 is 7.82 Å². The largest absolute Gasteiger partial charge is 0.587 e. The SMILES string of the molecule is CCOP(=O)(Oc1ccccc1O)Oc1ccccc1O. The molecule has 0 aliphatic rings. The fraction of sp³-hybridized carbons (Fsp3) is 0.143. The van der Waals surface area contributed by atoms with Crippen LogP contribution in [-0.4, -0.2) is 16.8 Å². The standard InChI is InChI=1S/C14H15O6P/c1-2-18-21(17,19-13-9-5-3-7-11(13)15)20-14-10-6-4-8-12(14)16/h3-10,15-16H,2H2,1H3. The molecule has 0 saturated heterocycles. The van der Waals surface area contributed by atoms with Gasteiger partial charge < -0.3 is 19.3 Å². The van der Waals surface area contributed by atoms with Crippen LogP contribution >= 0.6 is 7.82 Å². The normalized spacial score (nSPS) is 11.1. The summed E-state index contributed by atoms with van der Waals surface area (Å²) in [6, 6.07) is 12.0. The first-order valence-electron chi connectivity index (χ1n) is 6.24. The van der Waals surface area contributed by atoms with E-state index in [9.17, 15) is 14.8 Å². The molecule has 2 N–H and O–H groups in total. The van der Waals surface area contributed by atoms with Gasteiger partial charge in [0.2, 0.25) is 0 Å². The highest BCUT2D eigenvalue weighted by atomic mass is 31.2. The van der Waals surface area contributed by atoms with Gasteiger partial charge in [-0.3, -0.25) is 4.52 Å². The minimum Gasteiger partial charge on any atom is -0.504 e. The van der Waals surface area contributed by atoms with Gasteiger partial charge in [0.25, 0.3) is 0 Å². The first kappa shape index (κ1) is 15.2. The Morgan fingerprint density at radius 2 is 1.33 bits per heavy atom. The van der Waals surface area contributed by atoms with Gasteiger partial charge in [0, 0.05) is 0 Å². The summed E-state index contributed by atoms with van der Waals surface area (Å²) in [6.45, 7) is 1.69. The molecule has 2 rings (SSSR count). The lowest BCUT2D eigenvalue weighted by atomic mass is 10.3. The Balaban J connectivity index is 2.27. The highest BCUT2D eigenvalue weighted by Gasteiger charge is 2.32. The summed E-state index contributed by atoms with van der Waals surface area (Å²) in [5.74, 6) is -0.467. The molecule has 2 aromatic carbocycles. The van der Waals surface area contributed by atoms with Gasteiger partial charge in [-0.2, -0.15) is 0 Å². The van der Waals surface area contributed by atoms with Crippen LogP contribution in [0.1, 0.15) is 6.92 Å². The molecular weight excluding hydrogens is 295 g/mol. The number of phosphoric ester groups is 1. The molecule has 0 radical (unpaired) electrons. The Kier molecular flexibility index (Phi) is 4.73. The number of para-hydroxylation sites is 4. The van der Waals surface area contributed by atoms with Crippen molar-refractivity contribution < 1.29 is 28.3 Å². The van der Waals surface area contributed by atoms with Gasteiger partial charge in [0.05, 0.1) is 6.61 Å². The zero-order chi connectivity index (χ0) is 15.3. The maximum Gasteiger partial charge on any atom is 0.587 e. The number of rotatable bonds is 6. The van der Waals surface area contributed by atoms with Crippen molar-refractivity contribution in [3.8, 4) is 23.0 Å². The fourth-order valence-electron chi connectivity index (χ4n) is 1.54. The van der Waals surface area contributed by atoms with Crippen LogP contribution in [0.2, 0.25) is 0 Å². The number of phenols is 2. The molecule has 0 spiro atoms. The van der Waals surface area contributed by atoms with Crippen molar-refractivity contribution in [3.63, 3.8) is 0 Å². The molecule has 21 heavy (non-hydrogen) atoms. The monoisotopic (exact) mass is 310 g/mol. The predicted octanol–water partition coefficient (Wildman–Crippen LogP) is 3.70. The maximum absolute atomic E-state index is 12.6. The number of hydrogen-bond donors (Lipinski definition) is 2. The molecule has 0 aromatic heterocycles. The van der Waals surface area contributed by atoms with Crippen LogP contribution in [0.3, 0.4) is 0 Å². The first-order chi connectivity index (χ1) is 10.0. The third-order valence-corrected chi connectivity index (χ3v) is 3.85. The van der Waals surface area contributed by atoms with Crippen molar-refractivity contribution in [2.75, 3.05) is 6.61 Å². The lowest BCUT2D eigenvalue weighted by Gasteiger charge is -2.19. The quantitative estimate of drug-likeness (QED) is 0.791. The molecule has 2 aromatic rings. The molecule has 0 heterocycles. The maximum atomic E-state index is 12.6. The molecule has 0 unspecified atom stereocenters. The van der Waals surface area contributed by atoms with Gasteiger partial charge in [-0.25, -0.2) is 4.57 Å². The smallest absolute Gasteiger partial charge is 0.504 e. The summed E-state index contributed by atoms with van der Waals surface area (Å²) in [5.41, 5.74) is 0. The van der Waals surface area contributed by atoms with Gasteiger partial charge in [-0.1, -0.05) is 24.3 Å². The summed E-state index contributed by atoms with van der Waals surface area (Å²) in [7, 11) is -4.04. The van der Waals surface area contributed by atoms with E-state index < -0.39 is 7.82 Å². The first-order valence-corrected chi connectivity index (χ1v) is 7.70. The lowest BCUT2D eigenvalue weighted by molar-refractivity contribution is 0.215. The van der Waals surface area contributed by atoms with Crippen molar-refractivity contribution in [1.82, 2.24) is 0 Å². The number of phosphoric acid groups is 1. The van der Waals surface area contributed by atoms with Crippen LogP contribution in [0.25, 0.3) is 0 Å². The van der Waals surface area contributed by atoms with Crippen LogP contribution in [0.15, 0.2) is 48.5 Å². The second kappa shape index (κ2) is 6.52. The zero-order valence-electron chi connectivity index (χ0n) is 11.3. The van der Waals surface area contributed by atoms with Crippen LogP contribution in [0.5, 0.6) is 23.0 Å². The average Bonchev–Trinajstić information content (AvgIpc) is 2.44. The van der Waals surface area contributed by atoms with Crippen molar-refractivity contribution in [1.29, 1.82) is 0 Å². The van der Waals surface area contributed by atoms with Crippen LogP contribution in [0.4, 0.5) is 0 Å². The Bertz CT molecular complexity index is 606. The minimum absolute atomic E-state index is 0.0373. The average molecular weight is 310 g/mol. The third kappa shape index (κ3) is 3.90. The second-order valence-electron chi connectivity index (χ2n) is 3.98. The molecule has 0 atom stereocenters. The van der Waals surface area contributed by atoms with Crippen molar-refractivity contribution in [2.24, 2.45) is 0 Å². The number of hydrogen-bond acceptors (Lipinski definition) is 6. The minimum atomic E-state index is -4.04. The van der Waals surface area contributed by atoms with Crippen LogP contribution in [-0.2, 0) is 9.09 Å². The Labute approximate surface area is 122 Å². The molecular formula is C14H15O6P. The lowest BCUT2D eigenvalue weighted by Crippen LogP contribution is -2.05. The van der Waals surface area contributed by atoms with Gasteiger partial charge in [0.1, 0.15) is 0 Å². The van der Waals surface area contributed by atoms with Crippen LogP contribution in [0, 0.1) is 0 Å². The molecule has 0 aliphatic carbocycles. The van der Waals surface area contributed by atoms with E-state index in [2.05, 4.69) is 0 Å². The summed E-state index contributed by atoms with van der Waals surface area (Å²) < 4.78 is 28.0. The van der Waals surface area contributed by atoms with Crippen molar-refractivity contribution in [3.05, 3.63) is 48.5 Å². The topological polar surface area (TPSA) is 85.2 Å². The third-order valence-electron chi connectivity index (χ3n) is 2.44. The predicted molar refractivity (Wildman–Crippen MR) is 76.7 cm³/mol. The highest BCUT2D eigenvalue weighted by molar-refractivity contribution is 7.49. The van der Waals surface area contributed by atoms with Gasteiger partial charge >= 0.3 is 7.82 Å². The van der Waals surface area contributed by atoms with Crippen molar-refractivity contribution in [2.45, 2.75) is 6.92 Å². The summed E-state index contributed by atoms with van der Waals surface area (Å²) in [6.07, 6.45) is 0. The highest BCUT2D eigenvalue weighted by Crippen LogP contribution is 2.52. The zero-order valence-corrected chi connectivity index (χ0v) is 12.2. The molecule has 112 valence electrons. The van der Waals surface area contributed by atoms with E-state index in [1.54, 1.807) is 31.2 Å². The van der Waals surface area contributed by atoms with E-state index >= 15 is 0 Å². The molecule has 6 nitrogen and oxygen atoms in total. The molecule has 7 heteroatoms. The van der Waals surface area contributed by atoms with E-state index in [0.29, 0.717) is 0 Å². The summed E-state index contributed by atoms with van der Waals surface area (Å²) in [4.78, 5) is 0. The number of aromatic hydroxyl groups is 2. The summed E-state index contributed by atoms with van der Waals surface area (Å²) >= 11 is 0. The molecule has 0 bridgehead atoms. The molecule has 0 fully saturated rings. The Morgan fingerprint density at radius 3 is 1.71 bits per heavy atom. The van der Waals surface area contributed by atoms with E-state index in [0.717, 1.165) is 0 Å². The number of phenolic OH excluding ortho intramolecular Hbond substituents is 2.